The van der Waals surface area contributed by atoms with Crippen molar-refractivity contribution in [3.8, 4) is 0 Å². The van der Waals surface area contributed by atoms with Crippen molar-refractivity contribution in [3.63, 3.8) is 0 Å². The summed E-state index contributed by atoms with van der Waals surface area (Å²) in [6.07, 6.45) is -4.76. The van der Waals surface area contributed by atoms with Crippen LogP contribution in [0.1, 0.15) is 12.5 Å². The van der Waals surface area contributed by atoms with E-state index < -0.39 is 12.3 Å². The smallest absolute Gasteiger partial charge is 0.333 e. The van der Waals surface area contributed by atoms with Crippen LogP contribution in [0, 0.1) is 6.92 Å². The van der Waals surface area contributed by atoms with Gasteiger partial charge < -0.3 is 4.84 Å². The Bertz CT molecular complexity index is 373. The maximum absolute atomic E-state index is 12.5. The molecule has 3 nitrogen and oxygen atoms in total. The van der Waals surface area contributed by atoms with E-state index in [0.717, 1.165) is 12.5 Å². The molecule has 16 heavy (non-hydrogen) atoms. The molecule has 0 aliphatic rings. The number of carbonyl (C=O) groups is 1. The quantitative estimate of drug-likeness (QED) is 0.581. The van der Waals surface area contributed by atoms with E-state index in [1.807, 2.05) is 0 Å². The van der Waals surface area contributed by atoms with Crippen molar-refractivity contribution in [2.75, 3.05) is 5.06 Å². The van der Waals surface area contributed by atoms with Gasteiger partial charge in [-0.15, -0.1) is 18.2 Å². The molecule has 1 aromatic rings. The minimum absolute atomic E-state index is 0.242. The first-order valence-corrected chi connectivity index (χ1v) is 4.43. The Morgan fingerprint density at radius 1 is 1.25 bits per heavy atom. The summed E-state index contributed by atoms with van der Waals surface area (Å²) in [6, 6.07) is 5.45. The lowest BCUT2D eigenvalue weighted by Gasteiger charge is -2.24. The van der Waals surface area contributed by atoms with Gasteiger partial charge in [-0.25, -0.2) is 0 Å². The van der Waals surface area contributed by atoms with Crippen LogP contribution in [0.25, 0.3) is 0 Å². The second-order valence-electron chi connectivity index (χ2n) is 3.18. The van der Waals surface area contributed by atoms with E-state index in [9.17, 15) is 18.0 Å². The molecule has 0 aliphatic carbocycles. The molecule has 0 fully saturated rings. The maximum Gasteiger partial charge on any atom is 0.517 e. The molecule has 0 atom stereocenters. The number of hydrogen-bond donors (Lipinski definition) is 0. The zero-order chi connectivity index (χ0) is 12.3. The molecule has 88 valence electrons. The fourth-order valence-corrected chi connectivity index (χ4v) is 1.06. The average molecular weight is 233 g/mol. The summed E-state index contributed by atoms with van der Waals surface area (Å²) in [5.74, 6) is -1.03. The van der Waals surface area contributed by atoms with Gasteiger partial charge in [-0.3, -0.25) is 4.79 Å². The molecule has 0 aromatic heterocycles. The zero-order valence-corrected chi connectivity index (χ0v) is 8.71. The molecule has 1 rings (SSSR count). The van der Waals surface area contributed by atoms with Gasteiger partial charge in [0.1, 0.15) is 0 Å². The van der Waals surface area contributed by atoms with Crippen molar-refractivity contribution in [2.24, 2.45) is 0 Å². The predicted molar refractivity (Wildman–Crippen MR) is 51.5 cm³/mol. The van der Waals surface area contributed by atoms with Gasteiger partial charge in [-0.1, -0.05) is 17.7 Å². The van der Waals surface area contributed by atoms with Crippen molar-refractivity contribution >= 4 is 11.7 Å². The molecular formula is C10H10F3NO2. The van der Waals surface area contributed by atoms with Gasteiger partial charge in [-0.05, 0) is 19.1 Å². The number of benzene rings is 1. The molecule has 6 heteroatoms. The molecule has 0 bridgehead atoms. The van der Waals surface area contributed by atoms with Crippen molar-refractivity contribution in [2.45, 2.75) is 20.1 Å². The summed E-state index contributed by atoms with van der Waals surface area (Å²) in [5.41, 5.74) is 0.571. The number of hydrogen-bond acceptors (Lipinski definition) is 3. The van der Waals surface area contributed by atoms with Crippen LogP contribution in [0.4, 0.5) is 18.9 Å². The SMILES string of the molecule is CC(=O)ON(c1ccc(C)cc1)C(F)(F)F. The number of carbonyl (C=O) groups excluding carboxylic acids is 1. The van der Waals surface area contributed by atoms with Gasteiger partial charge >= 0.3 is 12.3 Å². The zero-order valence-electron chi connectivity index (χ0n) is 8.71. The molecule has 0 saturated carbocycles. The maximum atomic E-state index is 12.5. The van der Waals surface area contributed by atoms with Crippen LogP contribution in [-0.4, -0.2) is 12.3 Å². The van der Waals surface area contributed by atoms with E-state index in [0.29, 0.717) is 0 Å². The number of rotatable bonds is 2. The lowest BCUT2D eigenvalue weighted by molar-refractivity contribution is -0.197. The van der Waals surface area contributed by atoms with Gasteiger partial charge in [0, 0.05) is 6.92 Å². The van der Waals surface area contributed by atoms with Crippen LogP contribution in [0.3, 0.4) is 0 Å². The van der Waals surface area contributed by atoms with Crippen molar-refractivity contribution < 1.29 is 22.8 Å². The van der Waals surface area contributed by atoms with Crippen LogP contribution in [0.15, 0.2) is 24.3 Å². The topological polar surface area (TPSA) is 29.5 Å². The van der Waals surface area contributed by atoms with E-state index in [-0.39, 0.29) is 10.8 Å². The highest BCUT2D eigenvalue weighted by atomic mass is 19.4. The van der Waals surface area contributed by atoms with Crippen molar-refractivity contribution in [3.05, 3.63) is 29.8 Å². The summed E-state index contributed by atoms with van der Waals surface area (Å²) in [7, 11) is 0. The number of alkyl halides is 3. The molecule has 0 N–H and O–H groups in total. The minimum atomic E-state index is -4.76. The lowest BCUT2D eigenvalue weighted by Crippen LogP contribution is -2.39. The van der Waals surface area contributed by atoms with Crippen molar-refractivity contribution in [1.82, 2.24) is 0 Å². The number of aryl methyl sites for hydroxylation is 1. The summed E-state index contributed by atoms with van der Waals surface area (Å²) in [5, 5.41) is -0.366. The molecule has 0 spiro atoms. The summed E-state index contributed by atoms with van der Waals surface area (Å²) < 4.78 is 37.5. The number of nitrogens with zero attached hydrogens (tertiary/aromatic N) is 1. The van der Waals surface area contributed by atoms with E-state index in [4.69, 9.17) is 0 Å². The van der Waals surface area contributed by atoms with Crippen LogP contribution in [0.2, 0.25) is 0 Å². The van der Waals surface area contributed by atoms with Gasteiger partial charge in [0.2, 0.25) is 0 Å². The van der Waals surface area contributed by atoms with E-state index >= 15 is 0 Å². The second-order valence-corrected chi connectivity index (χ2v) is 3.18. The van der Waals surface area contributed by atoms with Crippen LogP contribution in [0.5, 0.6) is 0 Å². The fraction of sp³-hybridized carbons (Fsp3) is 0.300. The first kappa shape index (κ1) is 12.4. The Labute approximate surface area is 90.4 Å². The monoisotopic (exact) mass is 233 g/mol. The van der Waals surface area contributed by atoms with E-state index in [1.54, 1.807) is 6.92 Å². The number of halogens is 3. The standard InChI is InChI=1S/C10H10F3NO2/c1-7-3-5-9(6-4-7)14(10(11,12)13)16-8(2)15/h3-6H,1-2H3. The molecule has 0 unspecified atom stereocenters. The number of anilines is 1. The molecule has 0 radical (unpaired) electrons. The fourth-order valence-electron chi connectivity index (χ4n) is 1.06. The van der Waals surface area contributed by atoms with Gasteiger partial charge in [0.05, 0.1) is 5.69 Å². The third-order valence-electron chi connectivity index (χ3n) is 1.72. The number of hydroxylamine groups is 1. The Hall–Kier alpha value is -1.72. The molecule has 1 aromatic carbocycles. The lowest BCUT2D eigenvalue weighted by atomic mass is 10.2. The second kappa shape index (κ2) is 4.42. The average Bonchev–Trinajstić information content (AvgIpc) is 2.14. The Balaban J connectivity index is 3.01. The summed E-state index contributed by atoms with van der Waals surface area (Å²) in [6.45, 7) is 2.65. The highest BCUT2D eigenvalue weighted by Gasteiger charge is 2.40. The molecule has 0 amide bonds. The minimum Gasteiger partial charge on any atom is -0.333 e. The van der Waals surface area contributed by atoms with Crippen LogP contribution < -0.4 is 5.06 Å². The van der Waals surface area contributed by atoms with Crippen molar-refractivity contribution in [1.29, 1.82) is 0 Å². The highest BCUT2D eigenvalue weighted by molar-refractivity contribution is 5.68. The Morgan fingerprint density at radius 3 is 2.12 bits per heavy atom. The normalized spacial score (nSPS) is 11.1. The predicted octanol–water partition coefficient (Wildman–Crippen LogP) is 2.80. The Kier molecular flexibility index (Phi) is 3.41. The molecule has 0 aliphatic heterocycles. The van der Waals surface area contributed by atoms with Crippen LogP contribution in [-0.2, 0) is 9.63 Å². The van der Waals surface area contributed by atoms with E-state index in [2.05, 4.69) is 4.84 Å². The molecular weight excluding hydrogens is 223 g/mol. The van der Waals surface area contributed by atoms with Gasteiger partial charge in [0.15, 0.2) is 0 Å². The molecule has 0 saturated heterocycles. The van der Waals surface area contributed by atoms with Crippen LogP contribution >= 0.6 is 0 Å². The summed E-state index contributed by atoms with van der Waals surface area (Å²) in [4.78, 5) is 14.7. The Morgan fingerprint density at radius 2 is 1.75 bits per heavy atom. The highest BCUT2D eigenvalue weighted by Crippen LogP contribution is 2.28. The third kappa shape index (κ3) is 3.15. The van der Waals surface area contributed by atoms with Gasteiger partial charge in [0.25, 0.3) is 0 Å². The first-order chi connectivity index (χ1) is 7.30. The molecule has 0 heterocycles. The summed E-state index contributed by atoms with van der Waals surface area (Å²) >= 11 is 0. The van der Waals surface area contributed by atoms with E-state index in [1.165, 1.54) is 24.3 Å². The largest absolute Gasteiger partial charge is 0.517 e. The van der Waals surface area contributed by atoms with Gasteiger partial charge in [-0.2, -0.15) is 0 Å². The third-order valence-corrected chi connectivity index (χ3v) is 1.72. The first-order valence-electron chi connectivity index (χ1n) is 4.43.